The van der Waals surface area contributed by atoms with Gasteiger partial charge in [-0.15, -0.1) is 11.8 Å². The summed E-state index contributed by atoms with van der Waals surface area (Å²) in [7, 11) is -1.93. The van der Waals surface area contributed by atoms with Crippen LogP contribution in [-0.2, 0) is 42.1 Å². The third-order valence-corrected chi connectivity index (χ3v) is 28.1. The van der Waals surface area contributed by atoms with Crippen molar-refractivity contribution in [1.82, 2.24) is 0 Å². The summed E-state index contributed by atoms with van der Waals surface area (Å²) in [4.78, 5) is 0. The Kier molecular flexibility index (Phi) is 45.8. The minimum Gasteiger partial charge on any atom is -0.358 e. The maximum atomic E-state index is 6.48. The van der Waals surface area contributed by atoms with Crippen LogP contribution in [0.1, 0.15) is 77.9 Å². The quantitative estimate of drug-likeness (QED) is 0.0650. The molecular weight excluding hydrogens is 1930 g/mol. The predicted octanol–water partition coefficient (Wildman–Crippen LogP) is 21.3. The molecule has 0 saturated heterocycles. The van der Waals surface area contributed by atoms with Crippen molar-refractivity contribution in [3.63, 3.8) is 0 Å². The second kappa shape index (κ2) is 56.5. The number of hydrogen-bond donors (Lipinski definition) is 0. The van der Waals surface area contributed by atoms with E-state index in [1.165, 1.54) is 142 Å². The molecule has 0 saturated carbocycles. The monoisotopic (exact) mass is 2030 g/mol. The minimum absolute atomic E-state index is 0. The van der Waals surface area contributed by atoms with E-state index in [9.17, 15) is 0 Å². The molecule has 0 aliphatic rings. The summed E-state index contributed by atoms with van der Waals surface area (Å²) >= 11 is 0. The van der Waals surface area contributed by atoms with Crippen molar-refractivity contribution in [2.24, 2.45) is 0 Å². The molecule has 14 rings (SSSR count). The molecule has 14 aromatic rings. The average molecular weight is 2030 g/mol. The van der Waals surface area contributed by atoms with Crippen LogP contribution in [0.4, 0.5) is 0 Å². The zero-order valence-electron chi connectivity index (χ0n) is 72.8. The maximum Gasteiger partial charge on any atom is 2.00 e. The Morgan fingerprint density at radius 1 is 0.145 bits per heavy atom. The largest absolute Gasteiger partial charge is 2.00 e. The van der Waals surface area contributed by atoms with Crippen molar-refractivity contribution in [3.05, 3.63) is 443 Å². The third-order valence-electron chi connectivity index (χ3n) is 18.3. The van der Waals surface area contributed by atoms with Crippen molar-refractivity contribution in [2.75, 3.05) is 0 Å². The van der Waals surface area contributed by atoms with E-state index in [-0.39, 0.29) is 42.1 Å². The molecule has 0 fully saturated rings. The van der Waals surface area contributed by atoms with Crippen molar-refractivity contribution in [3.8, 4) is 107 Å². The Balaban J connectivity index is 0.000000229. The Bertz CT molecular complexity index is 5150. The van der Waals surface area contributed by atoms with Crippen molar-refractivity contribution in [1.29, 1.82) is 0 Å². The van der Waals surface area contributed by atoms with Gasteiger partial charge in [0.25, 0.3) is 0 Å². The van der Waals surface area contributed by atoms with Gasteiger partial charge in [-0.25, -0.2) is 11.8 Å². The second-order valence-corrected chi connectivity index (χ2v) is 37.7. The summed E-state index contributed by atoms with van der Waals surface area (Å²) in [5, 5.41) is 16.9. The molecule has 0 aromatic heterocycles. The van der Waals surface area contributed by atoms with Crippen LogP contribution in [0.25, 0.3) is 0 Å². The first kappa shape index (κ1) is 101. The molecule has 0 unspecified atom stereocenters. The second-order valence-electron chi connectivity index (χ2n) is 28.8. The first-order valence-corrected chi connectivity index (χ1v) is 45.3. The fraction of sp³-hybridized carbons (Fsp3) is 0.119. The molecule has 0 aliphatic carbocycles. The molecule has 0 heterocycles. The van der Waals surface area contributed by atoms with Crippen molar-refractivity contribution < 1.29 is 42.1 Å². The Labute approximate surface area is 776 Å². The van der Waals surface area contributed by atoms with Gasteiger partial charge in [-0.2, -0.15) is 71.8 Å². The first-order chi connectivity index (χ1) is 59.2. The van der Waals surface area contributed by atoms with E-state index in [0.717, 1.165) is 0 Å². The predicted molar refractivity (Wildman–Crippen MR) is 534 cm³/mol. The van der Waals surface area contributed by atoms with Gasteiger partial charge >= 0.3 is 42.1 Å². The van der Waals surface area contributed by atoms with Crippen LogP contribution in [0.15, 0.2) is 340 Å². The van der Waals surface area contributed by atoms with E-state index >= 15 is 0 Å². The molecule has 124 heavy (non-hydrogen) atoms. The Morgan fingerprint density at radius 3 is 0.315 bits per heavy atom. The summed E-state index contributed by atoms with van der Waals surface area (Å²) in [6.07, 6.45) is 13.0. The number of aryl methyl sites for hydroxylation is 14. The molecule has 6 heteroatoms. The number of hydrogen-bond acceptors (Lipinski definition) is 0. The van der Waals surface area contributed by atoms with E-state index in [0.29, 0.717) is 0 Å². The van der Waals surface area contributed by atoms with Crippen LogP contribution < -0.4 is 63.7 Å². The summed E-state index contributed by atoms with van der Waals surface area (Å²) in [5.74, 6) is 42.0. The fourth-order valence-corrected chi connectivity index (χ4v) is 20.5. The summed E-state index contributed by atoms with van der Waals surface area (Å²) in [6.45, 7) is 29.8. The summed E-state index contributed by atoms with van der Waals surface area (Å²) < 4.78 is 0. The topological polar surface area (TPSA) is 0 Å². The van der Waals surface area contributed by atoms with Gasteiger partial charge in [-0.05, 0) is 249 Å². The van der Waals surface area contributed by atoms with Gasteiger partial charge in [0.05, 0.1) is 0 Å². The van der Waals surface area contributed by atoms with Gasteiger partial charge in [-0.1, -0.05) is 372 Å². The standard InChI is InChI=1S/4C21H21P.C20.2C7H7.2Pt/c4*1-16-4-10-19(11-5-16)22(20-12-6-17(2)7-13-20)21-14-8-18(3)9-15-21;1-3-5-7-9-11-13-15-17-19-20-18-16-14-12-10-8-6-4-2;2*1-7-5-3-2-4-6-7;;/h4*4-15H,1-3H3;;2*3-6H,1H3;;/q;;;;-2;2*-1;2*+2. The molecule has 0 radical (unpaired) electrons. The van der Waals surface area contributed by atoms with Gasteiger partial charge in [0.15, 0.2) is 0 Å². The van der Waals surface area contributed by atoms with Crippen LogP contribution in [0, 0.1) is 228 Å². The zero-order valence-corrected chi connectivity index (χ0v) is 80.9. The van der Waals surface area contributed by atoms with Gasteiger partial charge in [-0.3, -0.25) is 11.8 Å². The van der Waals surface area contributed by atoms with Crippen LogP contribution >= 0.6 is 31.7 Å². The van der Waals surface area contributed by atoms with Gasteiger partial charge in [0, 0.05) is 0 Å². The number of benzene rings is 14. The van der Waals surface area contributed by atoms with Gasteiger partial charge in [0.1, 0.15) is 0 Å². The molecule has 0 aliphatic heterocycles. The average Bonchev–Trinajstić information content (AvgIpc) is 0.826. The van der Waals surface area contributed by atoms with E-state index in [2.05, 4.69) is 495 Å². The molecule has 610 valence electrons. The SMILES string of the molecule is Cc1cc[c-]cc1.Cc1cc[c-]cc1.Cc1ccc(P(c2ccc(C)cc2)c2ccc(C)cc2)cc1.Cc1ccc(P(c2ccc(C)cc2)c2ccc(C)cc2)cc1.Cc1ccc(P(c2ccc(C)cc2)c2ccc(C)cc2)cc1.Cc1ccc(P(c2ccc(C)cc2)c2ccc(C)cc2)cc1.[C-]#CC#CC#CC#CC#CC#CC#CC#CC#CC#[C-].[Pt+2].[Pt+2]. The van der Waals surface area contributed by atoms with Crippen molar-refractivity contribution in [2.45, 2.75) is 96.9 Å². The van der Waals surface area contributed by atoms with E-state index in [1.54, 1.807) is 0 Å². The van der Waals surface area contributed by atoms with Gasteiger partial charge in [0.2, 0.25) is 0 Å². The molecule has 14 aromatic carbocycles. The molecule has 0 spiro atoms. The first-order valence-electron chi connectivity index (χ1n) is 39.9. The molecular formula is C118H98P4Pt2. The third kappa shape index (κ3) is 36.4. The Morgan fingerprint density at radius 2 is 0.234 bits per heavy atom. The van der Waals surface area contributed by atoms with Crippen LogP contribution in [0.3, 0.4) is 0 Å². The zero-order chi connectivity index (χ0) is 87.1. The molecule has 0 amide bonds. The van der Waals surface area contributed by atoms with Crippen LogP contribution in [0.5, 0.6) is 0 Å². The number of rotatable bonds is 12. The smallest absolute Gasteiger partial charge is 0.358 e. The fourth-order valence-electron chi connectivity index (χ4n) is 11.6. The minimum atomic E-state index is -0.483. The molecule has 0 atom stereocenters. The Hall–Kier alpha value is -12.2. The summed E-state index contributed by atoms with van der Waals surface area (Å²) in [5.41, 5.74) is 18.3. The maximum absolute atomic E-state index is 6.48. The normalized spacial score (nSPS) is 9.32. The molecule has 0 bridgehead atoms. The van der Waals surface area contributed by atoms with E-state index < -0.39 is 31.7 Å². The molecule has 0 nitrogen and oxygen atoms in total. The van der Waals surface area contributed by atoms with Crippen LogP contribution in [0.2, 0.25) is 0 Å². The van der Waals surface area contributed by atoms with Gasteiger partial charge < -0.3 is 12.8 Å². The van der Waals surface area contributed by atoms with E-state index in [4.69, 9.17) is 12.8 Å². The van der Waals surface area contributed by atoms with Crippen LogP contribution in [-0.4, -0.2) is 0 Å². The summed E-state index contributed by atoms with van der Waals surface area (Å²) in [6, 6.07) is 129. The molecule has 0 N–H and O–H groups in total. The van der Waals surface area contributed by atoms with Crippen molar-refractivity contribution >= 4 is 95.3 Å². The van der Waals surface area contributed by atoms with E-state index in [1.807, 2.05) is 60.4 Å².